The number of benzene rings is 1. The lowest BCUT2D eigenvalue weighted by Gasteiger charge is -2.28. The van der Waals surface area contributed by atoms with Crippen LogP contribution in [0.4, 0.5) is 0 Å². The first-order chi connectivity index (χ1) is 8.63. The van der Waals surface area contributed by atoms with E-state index in [-0.39, 0.29) is 5.91 Å². The van der Waals surface area contributed by atoms with Crippen LogP contribution in [0.15, 0.2) is 24.3 Å². The molecule has 0 radical (unpaired) electrons. The van der Waals surface area contributed by atoms with Crippen molar-refractivity contribution in [3.05, 3.63) is 29.8 Å². The maximum absolute atomic E-state index is 11.9. The molecular formula is C13H15NO4. The van der Waals surface area contributed by atoms with E-state index in [2.05, 4.69) is 5.32 Å². The number of nitrogens with one attached hydrogen (secondary N) is 1. The molecule has 96 valence electrons. The highest BCUT2D eigenvalue weighted by Crippen LogP contribution is 2.31. The highest BCUT2D eigenvalue weighted by Gasteiger charge is 2.37. The van der Waals surface area contributed by atoms with Gasteiger partial charge >= 0.3 is 5.97 Å². The summed E-state index contributed by atoms with van der Waals surface area (Å²) < 4.78 is 5.04. The Morgan fingerprint density at radius 1 is 1.39 bits per heavy atom. The standard InChI is InChI=1S/C13H15NO4/c1-18-9-4-2-8(3-5-9)11-10(13(16)17)6-7-14-12(11)15/h2-5,10-11H,6-7H2,1H3,(H,14,15)(H,16,17). The molecule has 2 unspecified atom stereocenters. The Bertz CT molecular complexity index is 455. The third-order valence-electron chi connectivity index (χ3n) is 3.23. The molecule has 1 aromatic carbocycles. The molecule has 2 atom stereocenters. The molecule has 1 aliphatic heterocycles. The van der Waals surface area contributed by atoms with Crippen molar-refractivity contribution in [2.45, 2.75) is 12.3 Å². The molecule has 1 aliphatic rings. The van der Waals surface area contributed by atoms with Crippen LogP contribution in [0.1, 0.15) is 17.9 Å². The molecule has 0 bridgehead atoms. The molecular weight excluding hydrogens is 234 g/mol. The van der Waals surface area contributed by atoms with Gasteiger partial charge in [0.15, 0.2) is 0 Å². The Labute approximate surface area is 105 Å². The molecule has 5 heteroatoms. The van der Waals surface area contributed by atoms with Crippen LogP contribution in [0.5, 0.6) is 5.75 Å². The summed E-state index contributed by atoms with van der Waals surface area (Å²) >= 11 is 0. The number of carbonyl (C=O) groups is 2. The van der Waals surface area contributed by atoms with Gasteiger partial charge in [-0.3, -0.25) is 9.59 Å². The van der Waals surface area contributed by atoms with Crippen molar-refractivity contribution in [2.24, 2.45) is 5.92 Å². The molecule has 1 aromatic rings. The first-order valence-corrected chi connectivity index (χ1v) is 5.78. The molecule has 2 N–H and O–H groups in total. The van der Waals surface area contributed by atoms with Crippen molar-refractivity contribution in [1.29, 1.82) is 0 Å². The maximum atomic E-state index is 11.9. The average molecular weight is 249 g/mol. The van der Waals surface area contributed by atoms with Crippen LogP contribution in [0.3, 0.4) is 0 Å². The quantitative estimate of drug-likeness (QED) is 0.838. The Morgan fingerprint density at radius 3 is 2.61 bits per heavy atom. The van der Waals surface area contributed by atoms with E-state index in [0.29, 0.717) is 24.3 Å². The fourth-order valence-electron chi connectivity index (χ4n) is 2.27. The van der Waals surface area contributed by atoms with E-state index < -0.39 is 17.8 Å². The van der Waals surface area contributed by atoms with E-state index in [0.717, 1.165) is 0 Å². The van der Waals surface area contributed by atoms with Crippen molar-refractivity contribution >= 4 is 11.9 Å². The number of amides is 1. The molecule has 0 spiro atoms. The minimum atomic E-state index is -0.925. The SMILES string of the molecule is COc1ccc(C2C(=O)NCCC2C(=O)O)cc1. The topological polar surface area (TPSA) is 75.6 Å². The predicted octanol–water partition coefficient (Wildman–Crippen LogP) is 0.999. The summed E-state index contributed by atoms with van der Waals surface area (Å²) in [5, 5.41) is 11.9. The number of ether oxygens (including phenoxy) is 1. The van der Waals surface area contributed by atoms with Gasteiger partial charge in [0.1, 0.15) is 5.75 Å². The second-order valence-electron chi connectivity index (χ2n) is 4.28. The number of piperidine rings is 1. The molecule has 5 nitrogen and oxygen atoms in total. The summed E-state index contributed by atoms with van der Waals surface area (Å²) in [6, 6.07) is 6.95. The fourth-order valence-corrected chi connectivity index (χ4v) is 2.27. The number of carbonyl (C=O) groups excluding carboxylic acids is 1. The normalized spacial score (nSPS) is 23.3. The van der Waals surface area contributed by atoms with Gasteiger partial charge in [0.05, 0.1) is 18.9 Å². The summed E-state index contributed by atoms with van der Waals surface area (Å²) in [7, 11) is 1.56. The van der Waals surface area contributed by atoms with Crippen molar-refractivity contribution in [3.63, 3.8) is 0 Å². The zero-order chi connectivity index (χ0) is 13.1. The number of aliphatic carboxylic acids is 1. The van der Waals surface area contributed by atoms with Crippen LogP contribution in [0.2, 0.25) is 0 Å². The van der Waals surface area contributed by atoms with Crippen molar-refractivity contribution in [2.75, 3.05) is 13.7 Å². The molecule has 0 saturated carbocycles. The Hall–Kier alpha value is -2.04. The number of carboxylic acid groups (broad SMARTS) is 1. The smallest absolute Gasteiger partial charge is 0.307 e. The van der Waals surface area contributed by atoms with Crippen LogP contribution in [-0.2, 0) is 9.59 Å². The van der Waals surface area contributed by atoms with E-state index in [4.69, 9.17) is 4.74 Å². The van der Waals surface area contributed by atoms with Gasteiger partial charge in [-0.25, -0.2) is 0 Å². The molecule has 2 rings (SSSR count). The second kappa shape index (κ2) is 5.08. The van der Waals surface area contributed by atoms with Crippen LogP contribution in [-0.4, -0.2) is 30.6 Å². The zero-order valence-corrected chi connectivity index (χ0v) is 10.1. The summed E-state index contributed by atoms with van der Waals surface area (Å²) in [6.07, 6.45) is 0.456. The minimum Gasteiger partial charge on any atom is -0.497 e. The van der Waals surface area contributed by atoms with E-state index in [1.807, 2.05) is 0 Å². The number of methoxy groups -OCH3 is 1. The predicted molar refractivity (Wildman–Crippen MR) is 64.5 cm³/mol. The van der Waals surface area contributed by atoms with Gasteiger partial charge in [-0.05, 0) is 24.1 Å². The molecule has 0 aliphatic carbocycles. The Balaban J connectivity index is 2.31. The summed E-state index contributed by atoms with van der Waals surface area (Å²) in [5.74, 6) is -1.75. The first-order valence-electron chi connectivity index (χ1n) is 5.78. The number of rotatable bonds is 3. The Morgan fingerprint density at radius 2 is 2.06 bits per heavy atom. The van der Waals surface area contributed by atoms with Crippen molar-refractivity contribution < 1.29 is 19.4 Å². The lowest BCUT2D eigenvalue weighted by molar-refractivity contribution is -0.146. The minimum absolute atomic E-state index is 0.223. The van der Waals surface area contributed by atoms with Crippen molar-refractivity contribution in [3.8, 4) is 5.75 Å². The average Bonchev–Trinajstić information content (AvgIpc) is 2.38. The van der Waals surface area contributed by atoms with Gasteiger partial charge in [0.25, 0.3) is 0 Å². The molecule has 1 fully saturated rings. The third kappa shape index (κ3) is 2.30. The second-order valence-corrected chi connectivity index (χ2v) is 4.28. The van der Waals surface area contributed by atoms with Crippen LogP contribution in [0, 0.1) is 5.92 Å². The van der Waals surface area contributed by atoms with Gasteiger partial charge in [0, 0.05) is 6.54 Å². The van der Waals surface area contributed by atoms with E-state index in [1.54, 1.807) is 31.4 Å². The third-order valence-corrected chi connectivity index (χ3v) is 3.23. The van der Waals surface area contributed by atoms with Gasteiger partial charge in [-0.2, -0.15) is 0 Å². The summed E-state index contributed by atoms with van der Waals surface area (Å²) in [4.78, 5) is 23.1. The number of hydrogen-bond acceptors (Lipinski definition) is 3. The summed E-state index contributed by atoms with van der Waals surface area (Å²) in [6.45, 7) is 0.419. The lowest BCUT2D eigenvalue weighted by Crippen LogP contribution is -2.43. The maximum Gasteiger partial charge on any atom is 0.307 e. The fraction of sp³-hybridized carbons (Fsp3) is 0.385. The summed E-state index contributed by atoms with van der Waals surface area (Å²) in [5.41, 5.74) is 0.709. The van der Waals surface area contributed by atoms with Crippen LogP contribution < -0.4 is 10.1 Å². The van der Waals surface area contributed by atoms with Gasteiger partial charge in [-0.15, -0.1) is 0 Å². The largest absolute Gasteiger partial charge is 0.497 e. The molecule has 18 heavy (non-hydrogen) atoms. The van der Waals surface area contributed by atoms with E-state index in [1.165, 1.54) is 0 Å². The highest BCUT2D eigenvalue weighted by molar-refractivity contribution is 5.90. The van der Waals surface area contributed by atoms with Crippen LogP contribution >= 0.6 is 0 Å². The number of hydrogen-bond donors (Lipinski definition) is 2. The van der Waals surface area contributed by atoms with Crippen LogP contribution in [0.25, 0.3) is 0 Å². The lowest BCUT2D eigenvalue weighted by atomic mass is 9.81. The molecule has 1 saturated heterocycles. The van der Waals surface area contributed by atoms with Crippen molar-refractivity contribution in [1.82, 2.24) is 5.32 Å². The Kier molecular flexibility index (Phi) is 3.50. The van der Waals surface area contributed by atoms with Gasteiger partial charge in [-0.1, -0.05) is 12.1 Å². The van der Waals surface area contributed by atoms with Gasteiger partial charge in [0.2, 0.25) is 5.91 Å². The van der Waals surface area contributed by atoms with E-state index >= 15 is 0 Å². The highest BCUT2D eigenvalue weighted by atomic mass is 16.5. The number of carboxylic acids is 1. The first kappa shape index (κ1) is 12.4. The molecule has 0 aromatic heterocycles. The zero-order valence-electron chi connectivity index (χ0n) is 10.1. The monoisotopic (exact) mass is 249 g/mol. The van der Waals surface area contributed by atoms with E-state index in [9.17, 15) is 14.7 Å². The van der Waals surface area contributed by atoms with Gasteiger partial charge < -0.3 is 15.2 Å². The molecule has 1 heterocycles. The molecule has 1 amide bonds.